The Kier molecular flexibility index (Phi) is 2.13. The first-order chi connectivity index (χ1) is 6.33. The lowest BCUT2D eigenvalue weighted by molar-refractivity contribution is 1.45. The fourth-order valence-electron chi connectivity index (χ4n) is 1.86. The minimum absolute atomic E-state index is 1.12. The highest BCUT2D eigenvalue weighted by atomic mass is 14.0. The smallest absolute Gasteiger partial charge is 0.0789 e. The maximum absolute atomic E-state index is 2.23. The highest BCUT2D eigenvalue weighted by Gasteiger charge is 1.99. The van der Waals surface area contributed by atoms with Crippen LogP contribution in [-0.2, 0) is 6.32 Å². The third-order valence-electron chi connectivity index (χ3n) is 2.69. The van der Waals surface area contributed by atoms with Crippen LogP contribution < -0.4 is 5.46 Å². The molecule has 0 unspecified atom stereocenters. The summed E-state index contributed by atoms with van der Waals surface area (Å²) in [5.74, 6) is 0. The highest BCUT2D eigenvalue weighted by Crippen LogP contribution is 2.12. The van der Waals surface area contributed by atoms with E-state index in [9.17, 15) is 0 Å². The van der Waals surface area contributed by atoms with Crippen molar-refractivity contribution in [1.29, 1.82) is 0 Å². The molecule has 0 aliphatic carbocycles. The van der Waals surface area contributed by atoms with Crippen LogP contribution in [0, 0.1) is 0 Å². The molecular formula is C11H12B2. The van der Waals surface area contributed by atoms with Crippen LogP contribution in [0.3, 0.4) is 0 Å². The van der Waals surface area contributed by atoms with E-state index in [0.717, 1.165) is 6.32 Å². The second-order valence-corrected chi connectivity index (χ2v) is 3.42. The van der Waals surface area contributed by atoms with Crippen LogP contribution in [-0.4, -0.2) is 15.7 Å². The number of hydrogen-bond donors (Lipinski definition) is 0. The summed E-state index contributed by atoms with van der Waals surface area (Å²) in [6.07, 6.45) is 1.12. The fourth-order valence-corrected chi connectivity index (χ4v) is 1.86. The van der Waals surface area contributed by atoms with Gasteiger partial charge < -0.3 is 0 Å². The van der Waals surface area contributed by atoms with Gasteiger partial charge in [0.1, 0.15) is 15.7 Å². The molecule has 2 aromatic rings. The molecule has 0 fully saturated rings. The van der Waals surface area contributed by atoms with Crippen molar-refractivity contribution in [3.8, 4) is 0 Å². The predicted octanol–water partition coefficient (Wildman–Crippen LogP) is 0.231. The van der Waals surface area contributed by atoms with Gasteiger partial charge in [0.2, 0.25) is 0 Å². The van der Waals surface area contributed by atoms with Crippen molar-refractivity contribution in [3.05, 3.63) is 42.0 Å². The maximum atomic E-state index is 2.23. The largest absolute Gasteiger partial charge is 0.140 e. The lowest BCUT2D eigenvalue weighted by Crippen LogP contribution is -2.11. The number of hydrogen-bond acceptors (Lipinski definition) is 0. The molecule has 0 radical (unpaired) electrons. The van der Waals surface area contributed by atoms with Crippen molar-refractivity contribution in [3.63, 3.8) is 0 Å². The van der Waals surface area contributed by atoms with Gasteiger partial charge in [0.05, 0.1) is 0 Å². The van der Waals surface area contributed by atoms with Crippen LogP contribution in [0.2, 0.25) is 0 Å². The van der Waals surface area contributed by atoms with Crippen molar-refractivity contribution in [2.75, 3.05) is 0 Å². The zero-order valence-electron chi connectivity index (χ0n) is 8.17. The molecule has 0 N–H and O–H groups in total. The summed E-state index contributed by atoms with van der Waals surface area (Å²) in [6, 6.07) is 13.0. The summed E-state index contributed by atoms with van der Waals surface area (Å²) in [5, 5.41) is 2.74. The predicted molar refractivity (Wildman–Crippen MR) is 64.4 cm³/mol. The zero-order valence-corrected chi connectivity index (χ0v) is 8.17. The maximum Gasteiger partial charge on any atom is 0.140 e. The van der Waals surface area contributed by atoms with Crippen LogP contribution in [0.5, 0.6) is 0 Å². The van der Waals surface area contributed by atoms with Gasteiger partial charge in [-0.25, -0.2) is 0 Å². The van der Waals surface area contributed by atoms with Crippen molar-refractivity contribution in [2.45, 2.75) is 6.32 Å². The Morgan fingerprint density at radius 1 is 1.00 bits per heavy atom. The van der Waals surface area contributed by atoms with Crippen LogP contribution in [0.15, 0.2) is 36.4 Å². The summed E-state index contributed by atoms with van der Waals surface area (Å²) < 4.78 is 0. The summed E-state index contributed by atoms with van der Waals surface area (Å²) >= 11 is 0. The summed E-state index contributed by atoms with van der Waals surface area (Å²) in [7, 11) is 4.41. The van der Waals surface area contributed by atoms with Gasteiger partial charge in [-0.1, -0.05) is 53.7 Å². The van der Waals surface area contributed by atoms with Gasteiger partial charge in [-0.3, -0.25) is 0 Å². The van der Waals surface area contributed by atoms with E-state index in [2.05, 4.69) is 52.1 Å². The van der Waals surface area contributed by atoms with Crippen LogP contribution in [0.25, 0.3) is 10.8 Å². The van der Waals surface area contributed by atoms with E-state index in [1.807, 2.05) is 0 Å². The van der Waals surface area contributed by atoms with Gasteiger partial charge >= 0.3 is 0 Å². The van der Waals surface area contributed by atoms with Crippen LogP contribution in [0.4, 0.5) is 0 Å². The molecule has 13 heavy (non-hydrogen) atoms. The Morgan fingerprint density at radius 3 is 2.54 bits per heavy atom. The first-order valence-electron chi connectivity index (χ1n) is 4.80. The summed E-state index contributed by atoms with van der Waals surface area (Å²) in [6.45, 7) is 0. The molecule has 0 saturated carbocycles. The van der Waals surface area contributed by atoms with Gasteiger partial charge in [-0.15, -0.1) is 0 Å². The van der Waals surface area contributed by atoms with Crippen LogP contribution in [0.1, 0.15) is 5.56 Å². The Balaban J connectivity index is 2.79. The molecule has 2 aromatic carbocycles. The van der Waals surface area contributed by atoms with E-state index in [0.29, 0.717) is 0 Å². The van der Waals surface area contributed by atoms with E-state index < -0.39 is 0 Å². The molecule has 0 atom stereocenters. The Morgan fingerprint density at radius 2 is 1.77 bits per heavy atom. The van der Waals surface area contributed by atoms with E-state index in [1.54, 1.807) is 0 Å². The third kappa shape index (κ3) is 1.37. The molecule has 2 rings (SSSR count). The number of fused-ring (bicyclic) bond motifs is 1. The molecule has 0 spiro atoms. The quantitative estimate of drug-likeness (QED) is 0.532. The molecule has 0 aromatic heterocycles. The van der Waals surface area contributed by atoms with E-state index >= 15 is 0 Å². The first kappa shape index (κ1) is 8.43. The van der Waals surface area contributed by atoms with Crippen LogP contribution >= 0.6 is 0 Å². The molecule has 0 amide bonds. The van der Waals surface area contributed by atoms with Gasteiger partial charge in [-0.05, 0) is 10.8 Å². The topological polar surface area (TPSA) is 0 Å². The molecule has 62 valence electrons. The molecule has 0 bridgehead atoms. The van der Waals surface area contributed by atoms with E-state index in [-0.39, 0.29) is 0 Å². The average molecular weight is 166 g/mol. The van der Waals surface area contributed by atoms with Crippen molar-refractivity contribution in [2.24, 2.45) is 0 Å². The lowest BCUT2D eigenvalue weighted by atomic mass is 9.81. The Bertz CT molecular complexity index is 435. The molecule has 2 heteroatoms. The Hall–Kier alpha value is -1.17. The number of rotatable bonds is 1. The zero-order chi connectivity index (χ0) is 9.26. The van der Waals surface area contributed by atoms with E-state index in [1.165, 1.54) is 21.8 Å². The first-order valence-corrected chi connectivity index (χ1v) is 4.80. The SMILES string of the molecule is BCc1ccc2ccccc2c1B. The van der Waals surface area contributed by atoms with Gasteiger partial charge in [0.25, 0.3) is 0 Å². The minimum atomic E-state index is 1.12. The van der Waals surface area contributed by atoms with Crippen molar-refractivity contribution < 1.29 is 0 Å². The summed E-state index contributed by atoms with van der Waals surface area (Å²) in [5.41, 5.74) is 2.89. The number of benzene rings is 2. The standard InChI is InChI=1S/C11H12B2/c12-7-9-6-5-8-3-1-2-4-10(8)11(9)13/h1-6H,7,12-13H2. The second-order valence-electron chi connectivity index (χ2n) is 3.42. The van der Waals surface area contributed by atoms with Gasteiger partial charge in [0.15, 0.2) is 0 Å². The van der Waals surface area contributed by atoms with E-state index in [4.69, 9.17) is 0 Å². The molecule has 0 heterocycles. The fraction of sp³-hybridized carbons (Fsp3) is 0.0909. The van der Waals surface area contributed by atoms with Crippen molar-refractivity contribution >= 4 is 31.9 Å². The third-order valence-corrected chi connectivity index (χ3v) is 2.69. The normalized spacial score (nSPS) is 10.5. The average Bonchev–Trinajstić information content (AvgIpc) is 2.19. The monoisotopic (exact) mass is 166 g/mol. The van der Waals surface area contributed by atoms with Gasteiger partial charge in [-0.2, -0.15) is 0 Å². The summed E-state index contributed by atoms with van der Waals surface area (Å²) in [4.78, 5) is 0. The minimum Gasteiger partial charge on any atom is -0.0789 e. The Labute approximate surface area is 80.8 Å². The molecule has 0 aliphatic rings. The molecule has 0 aliphatic heterocycles. The molecular weight excluding hydrogens is 154 g/mol. The highest BCUT2D eigenvalue weighted by molar-refractivity contribution is 6.40. The molecule has 0 nitrogen and oxygen atoms in total. The lowest BCUT2D eigenvalue weighted by Gasteiger charge is -2.06. The second kappa shape index (κ2) is 3.29. The van der Waals surface area contributed by atoms with Gasteiger partial charge in [0, 0.05) is 0 Å². The van der Waals surface area contributed by atoms with Crippen molar-refractivity contribution in [1.82, 2.24) is 0 Å². The molecule has 0 saturated heterocycles.